The van der Waals surface area contributed by atoms with Crippen LogP contribution in [0.5, 0.6) is 0 Å². The second-order valence-electron chi connectivity index (χ2n) is 7.34. The van der Waals surface area contributed by atoms with Crippen molar-refractivity contribution >= 4 is 29.1 Å². The second kappa shape index (κ2) is 10.1. The van der Waals surface area contributed by atoms with E-state index in [4.69, 9.17) is 5.26 Å². The lowest BCUT2D eigenvalue weighted by molar-refractivity contribution is -0.148. The number of hydrogen-bond donors (Lipinski definition) is 2. The molecule has 172 valence electrons. The summed E-state index contributed by atoms with van der Waals surface area (Å²) in [6.45, 7) is 2.15. The highest BCUT2D eigenvalue weighted by molar-refractivity contribution is 6.08. The molecule has 2 aromatic rings. The van der Waals surface area contributed by atoms with Crippen LogP contribution in [0.25, 0.3) is 0 Å². The maximum Gasteiger partial charge on any atom is 0.416 e. The molecule has 7 nitrogen and oxygen atoms in total. The first kappa shape index (κ1) is 25.3. The van der Waals surface area contributed by atoms with Gasteiger partial charge in [-0.1, -0.05) is 18.2 Å². The largest absolute Gasteiger partial charge is 0.481 e. The van der Waals surface area contributed by atoms with Crippen molar-refractivity contribution in [3.05, 3.63) is 65.2 Å². The van der Waals surface area contributed by atoms with E-state index >= 15 is 0 Å². The van der Waals surface area contributed by atoms with Crippen molar-refractivity contribution in [2.24, 2.45) is 11.8 Å². The maximum absolute atomic E-state index is 13.0. The van der Waals surface area contributed by atoms with Gasteiger partial charge in [-0.3, -0.25) is 19.2 Å². The van der Waals surface area contributed by atoms with Crippen molar-refractivity contribution in [2.45, 2.75) is 25.9 Å². The van der Waals surface area contributed by atoms with E-state index in [1.807, 2.05) is 6.07 Å². The number of nitriles is 1. The number of carbonyl (C=O) groups is 4. The Hall–Kier alpha value is -4.00. The van der Waals surface area contributed by atoms with Gasteiger partial charge in [-0.05, 0) is 49.7 Å². The van der Waals surface area contributed by atoms with E-state index in [0.717, 1.165) is 32.0 Å². The molecule has 0 bridgehead atoms. The first-order valence-corrected chi connectivity index (χ1v) is 9.58. The lowest BCUT2D eigenvalue weighted by Crippen LogP contribution is -2.41. The van der Waals surface area contributed by atoms with Crippen molar-refractivity contribution in [1.82, 2.24) is 0 Å². The number of carboxylic acid groups (broad SMARTS) is 1. The number of benzene rings is 2. The van der Waals surface area contributed by atoms with Crippen LogP contribution in [0.2, 0.25) is 0 Å². The molecule has 0 aromatic heterocycles. The fraction of sp³-hybridized carbons (Fsp3) is 0.261. The van der Waals surface area contributed by atoms with Gasteiger partial charge in [-0.2, -0.15) is 18.4 Å². The van der Waals surface area contributed by atoms with E-state index in [0.29, 0.717) is 6.07 Å². The standard InChI is InChI=1S/C23H19F3N2O5/c1-12(29)18(13(2)30)19(15-8-6-14(11-27)7-9-15)20(22(32)33)21(31)28-17-5-3-4-16(10-17)23(24,25)26/h3-10,18-20H,1-2H3,(H,28,31)(H,32,33). The molecular weight excluding hydrogens is 441 g/mol. The topological polar surface area (TPSA) is 124 Å². The van der Waals surface area contributed by atoms with Crippen LogP contribution in [0.4, 0.5) is 18.9 Å². The number of halogens is 3. The smallest absolute Gasteiger partial charge is 0.416 e. The first-order valence-electron chi connectivity index (χ1n) is 9.58. The Kier molecular flexibility index (Phi) is 7.72. The van der Waals surface area contributed by atoms with E-state index in [1.54, 1.807) is 0 Å². The Bertz CT molecular complexity index is 1110. The monoisotopic (exact) mass is 460 g/mol. The van der Waals surface area contributed by atoms with Crippen LogP contribution in [0.3, 0.4) is 0 Å². The van der Waals surface area contributed by atoms with Crippen LogP contribution >= 0.6 is 0 Å². The van der Waals surface area contributed by atoms with E-state index < -0.39 is 52.9 Å². The van der Waals surface area contributed by atoms with Gasteiger partial charge in [0, 0.05) is 11.6 Å². The molecule has 2 N–H and O–H groups in total. The molecule has 33 heavy (non-hydrogen) atoms. The Morgan fingerprint density at radius 2 is 1.55 bits per heavy atom. The molecule has 0 spiro atoms. The zero-order valence-corrected chi connectivity index (χ0v) is 17.5. The molecule has 2 atom stereocenters. The molecular formula is C23H19F3N2O5. The fourth-order valence-electron chi connectivity index (χ4n) is 3.57. The third kappa shape index (κ3) is 6.04. The molecule has 0 radical (unpaired) electrons. The number of anilines is 1. The number of nitrogens with zero attached hydrogens (tertiary/aromatic N) is 1. The van der Waals surface area contributed by atoms with Gasteiger partial charge in [0.2, 0.25) is 5.91 Å². The van der Waals surface area contributed by atoms with Gasteiger partial charge in [0.15, 0.2) is 0 Å². The SMILES string of the molecule is CC(=O)C(C(C)=O)C(c1ccc(C#N)cc1)C(C(=O)O)C(=O)Nc1cccc(C(F)(F)F)c1. The predicted molar refractivity (Wildman–Crippen MR) is 110 cm³/mol. The number of alkyl halides is 3. The van der Waals surface area contributed by atoms with Crippen LogP contribution in [0.15, 0.2) is 48.5 Å². The Morgan fingerprint density at radius 1 is 0.970 bits per heavy atom. The number of nitrogens with one attached hydrogen (secondary N) is 1. The average molecular weight is 460 g/mol. The third-order valence-corrected chi connectivity index (χ3v) is 5.02. The minimum atomic E-state index is -4.69. The number of amides is 1. The number of rotatable bonds is 8. The zero-order valence-electron chi connectivity index (χ0n) is 17.5. The lowest BCUT2D eigenvalue weighted by Gasteiger charge is -2.28. The van der Waals surface area contributed by atoms with Gasteiger partial charge in [0.25, 0.3) is 0 Å². The molecule has 0 aliphatic carbocycles. The summed E-state index contributed by atoms with van der Waals surface area (Å²) in [6.07, 6.45) is -4.69. The summed E-state index contributed by atoms with van der Waals surface area (Å²) in [5.41, 5.74) is -1.00. The average Bonchev–Trinajstić information content (AvgIpc) is 2.72. The molecule has 0 saturated carbocycles. The molecule has 2 aromatic carbocycles. The number of ketones is 2. The Morgan fingerprint density at radius 3 is 2.00 bits per heavy atom. The molecule has 0 aliphatic heterocycles. The second-order valence-corrected chi connectivity index (χ2v) is 7.34. The Labute approximate surface area is 186 Å². The summed E-state index contributed by atoms with van der Waals surface area (Å²) in [4.78, 5) is 49.6. The Balaban J connectivity index is 2.56. The van der Waals surface area contributed by atoms with Gasteiger partial charge in [0.1, 0.15) is 17.5 Å². The van der Waals surface area contributed by atoms with Crippen LogP contribution in [-0.2, 0) is 25.4 Å². The normalized spacial score (nSPS) is 13.0. The summed E-state index contributed by atoms with van der Waals surface area (Å²) >= 11 is 0. The van der Waals surface area contributed by atoms with E-state index in [2.05, 4.69) is 5.32 Å². The molecule has 0 saturated heterocycles. The summed E-state index contributed by atoms with van der Waals surface area (Å²) < 4.78 is 38.9. The first-order chi connectivity index (χ1) is 15.4. The van der Waals surface area contributed by atoms with E-state index in [-0.39, 0.29) is 16.8 Å². The fourth-order valence-corrected chi connectivity index (χ4v) is 3.57. The molecule has 2 unspecified atom stereocenters. The molecule has 2 rings (SSSR count). The highest BCUT2D eigenvalue weighted by atomic mass is 19.4. The van der Waals surface area contributed by atoms with Crippen molar-refractivity contribution in [3.63, 3.8) is 0 Å². The van der Waals surface area contributed by atoms with E-state index in [1.165, 1.54) is 24.3 Å². The van der Waals surface area contributed by atoms with Gasteiger partial charge in [-0.25, -0.2) is 0 Å². The molecule has 0 fully saturated rings. The van der Waals surface area contributed by atoms with Gasteiger partial charge < -0.3 is 10.4 Å². The molecule has 10 heteroatoms. The minimum absolute atomic E-state index is 0.135. The van der Waals surface area contributed by atoms with Crippen molar-refractivity contribution in [1.29, 1.82) is 5.26 Å². The van der Waals surface area contributed by atoms with Gasteiger partial charge in [0.05, 0.1) is 23.1 Å². The number of hydrogen-bond acceptors (Lipinski definition) is 5. The maximum atomic E-state index is 13.0. The van der Waals surface area contributed by atoms with Crippen LogP contribution in [-0.4, -0.2) is 28.5 Å². The summed E-state index contributed by atoms with van der Waals surface area (Å²) in [5.74, 6) is -9.22. The van der Waals surface area contributed by atoms with Crippen molar-refractivity contribution in [3.8, 4) is 6.07 Å². The minimum Gasteiger partial charge on any atom is -0.481 e. The van der Waals surface area contributed by atoms with Gasteiger partial charge in [-0.15, -0.1) is 0 Å². The summed E-state index contributed by atoms with van der Waals surface area (Å²) in [5, 5.41) is 21.0. The highest BCUT2D eigenvalue weighted by Gasteiger charge is 2.44. The molecule has 1 amide bonds. The number of carbonyl (C=O) groups excluding carboxylic acids is 3. The number of aliphatic carboxylic acids is 1. The van der Waals surface area contributed by atoms with Crippen LogP contribution in [0, 0.1) is 23.2 Å². The van der Waals surface area contributed by atoms with Crippen molar-refractivity contribution < 1.29 is 37.5 Å². The zero-order chi connectivity index (χ0) is 24.9. The lowest BCUT2D eigenvalue weighted by atomic mass is 9.73. The predicted octanol–water partition coefficient (Wildman–Crippen LogP) is 3.79. The summed E-state index contributed by atoms with van der Waals surface area (Å²) in [7, 11) is 0. The number of carboxylic acids is 1. The van der Waals surface area contributed by atoms with Crippen LogP contribution in [0.1, 0.15) is 36.5 Å². The highest BCUT2D eigenvalue weighted by Crippen LogP contribution is 2.36. The van der Waals surface area contributed by atoms with E-state index in [9.17, 15) is 37.5 Å². The number of Topliss-reactive ketones (excluding diaryl/α,β-unsaturated/α-hetero) is 2. The summed E-state index contributed by atoms with van der Waals surface area (Å²) in [6, 6.07) is 10.8. The van der Waals surface area contributed by atoms with Gasteiger partial charge >= 0.3 is 12.1 Å². The van der Waals surface area contributed by atoms with Crippen molar-refractivity contribution in [2.75, 3.05) is 5.32 Å². The molecule has 0 aliphatic rings. The third-order valence-electron chi connectivity index (χ3n) is 5.02. The molecule has 0 heterocycles. The quantitative estimate of drug-likeness (QED) is 0.578. The van der Waals surface area contributed by atoms with Crippen LogP contribution < -0.4 is 5.32 Å².